The van der Waals surface area contributed by atoms with E-state index in [4.69, 9.17) is 16.3 Å². The van der Waals surface area contributed by atoms with E-state index in [0.29, 0.717) is 22.0 Å². The minimum Gasteiger partial charge on any atom is -0.495 e. The number of halogens is 1. The van der Waals surface area contributed by atoms with E-state index < -0.39 is 21.1 Å². The molecule has 2 aromatic carbocycles. The summed E-state index contributed by atoms with van der Waals surface area (Å²) < 4.78 is 30.2. The summed E-state index contributed by atoms with van der Waals surface area (Å²) in [5, 5.41) is 0.511. The zero-order valence-electron chi connectivity index (χ0n) is 14.4. The van der Waals surface area contributed by atoms with Crippen LogP contribution >= 0.6 is 11.6 Å². The molecule has 0 aliphatic heterocycles. The summed E-state index contributed by atoms with van der Waals surface area (Å²) in [5.74, 6) is 0.0927. The topological polar surface area (TPSA) is 98.2 Å². The monoisotopic (exact) mass is 406 g/mol. The third-order valence-corrected chi connectivity index (χ3v) is 5.27. The zero-order chi connectivity index (χ0) is 19.8. The van der Waals surface area contributed by atoms with Gasteiger partial charge in [0.1, 0.15) is 10.6 Å². The second-order valence-electron chi connectivity index (χ2n) is 5.77. The molecule has 0 aliphatic carbocycles. The maximum Gasteiger partial charge on any atom is 0.333 e. The Balaban J connectivity index is 2.31. The van der Waals surface area contributed by atoms with Crippen molar-refractivity contribution in [2.45, 2.75) is 4.90 Å². The number of benzene rings is 2. The molecule has 7 nitrogen and oxygen atoms in total. The van der Waals surface area contributed by atoms with Crippen LogP contribution in [0.3, 0.4) is 0 Å². The van der Waals surface area contributed by atoms with E-state index in [2.05, 4.69) is 4.98 Å². The van der Waals surface area contributed by atoms with E-state index in [9.17, 15) is 18.0 Å². The molecule has 0 saturated carbocycles. The van der Waals surface area contributed by atoms with Gasteiger partial charge in [-0.2, -0.15) is 0 Å². The number of rotatable bonds is 4. The van der Waals surface area contributed by atoms with Gasteiger partial charge in [-0.1, -0.05) is 23.7 Å². The quantitative estimate of drug-likeness (QED) is 0.716. The lowest BCUT2D eigenvalue weighted by atomic mass is 10.1. The minimum atomic E-state index is -3.51. The summed E-state index contributed by atoms with van der Waals surface area (Å²) in [4.78, 5) is 26.6. The van der Waals surface area contributed by atoms with Crippen LogP contribution < -0.4 is 16.0 Å². The predicted octanol–water partition coefficient (Wildman–Crippen LogP) is 2.26. The molecule has 1 heterocycles. The number of hydrogen-bond donors (Lipinski definition) is 1. The fourth-order valence-electron chi connectivity index (χ4n) is 2.69. The standard InChI is InChI=1S/C18H15ClN2O5S/c1-26-15-9-13(7-8-16(15)27(2,24)25)21-14(10-17(22)20-18(21)23)11-3-5-12(19)6-4-11/h3-10H,1-2H3,(H,20,22,23). The van der Waals surface area contributed by atoms with Gasteiger partial charge in [0.15, 0.2) is 9.84 Å². The highest BCUT2D eigenvalue weighted by molar-refractivity contribution is 7.90. The van der Waals surface area contributed by atoms with Gasteiger partial charge in [0.25, 0.3) is 5.56 Å². The predicted molar refractivity (Wildman–Crippen MR) is 103 cm³/mol. The molecule has 1 N–H and O–H groups in total. The Bertz CT molecular complexity index is 1230. The Morgan fingerprint density at radius 2 is 1.70 bits per heavy atom. The number of aromatic amines is 1. The van der Waals surface area contributed by atoms with Crippen molar-refractivity contribution in [2.75, 3.05) is 13.4 Å². The molecule has 0 spiro atoms. The van der Waals surface area contributed by atoms with E-state index in [-0.39, 0.29) is 10.6 Å². The van der Waals surface area contributed by atoms with Crippen LogP contribution in [0.2, 0.25) is 5.02 Å². The van der Waals surface area contributed by atoms with Crippen molar-refractivity contribution in [1.29, 1.82) is 0 Å². The van der Waals surface area contributed by atoms with Crippen molar-refractivity contribution in [3.8, 4) is 22.7 Å². The smallest absolute Gasteiger partial charge is 0.333 e. The zero-order valence-corrected chi connectivity index (χ0v) is 16.0. The average Bonchev–Trinajstić information content (AvgIpc) is 2.60. The summed E-state index contributed by atoms with van der Waals surface area (Å²) in [5.41, 5.74) is 0.0383. The lowest BCUT2D eigenvalue weighted by molar-refractivity contribution is 0.402. The Hall–Kier alpha value is -2.84. The number of sulfone groups is 1. The first-order chi connectivity index (χ1) is 12.7. The largest absolute Gasteiger partial charge is 0.495 e. The molecule has 3 rings (SSSR count). The van der Waals surface area contributed by atoms with Crippen LogP contribution in [0.1, 0.15) is 0 Å². The Morgan fingerprint density at radius 3 is 2.30 bits per heavy atom. The lowest BCUT2D eigenvalue weighted by Crippen LogP contribution is -2.29. The van der Waals surface area contributed by atoms with Gasteiger partial charge in [-0.25, -0.2) is 13.2 Å². The average molecular weight is 407 g/mol. The fourth-order valence-corrected chi connectivity index (χ4v) is 3.64. The highest BCUT2D eigenvalue weighted by atomic mass is 35.5. The van der Waals surface area contributed by atoms with E-state index in [1.807, 2.05) is 0 Å². The number of nitrogens with zero attached hydrogens (tertiary/aromatic N) is 1. The Morgan fingerprint density at radius 1 is 1.04 bits per heavy atom. The molecule has 0 fully saturated rings. The van der Waals surface area contributed by atoms with Crippen molar-refractivity contribution in [2.24, 2.45) is 0 Å². The number of hydrogen-bond acceptors (Lipinski definition) is 5. The Labute approximate surface area is 159 Å². The van der Waals surface area contributed by atoms with Crippen LogP contribution in [0.15, 0.2) is 63.0 Å². The van der Waals surface area contributed by atoms with Crippen LogP contribution in [0.25, 0.3) is 16.9 Å². The first-order valence-electron chi connectivity index (χ1n) is 7.71. The van der Waals surface area contributed by atoms with Crippen molar-refractivity contribution in [1.82, 2.24) is 9.55 Å². The first-order valence-corrected chi connectivity index (χ1v) is 9.98. The molecule has 0 unspecified atom stereocenters. The maximum absolute atomic E-state index is 12.5. The summed E-state index contributed by atoms with van der Waals surface area (Å²) in [6, 6.07) is 12.2. The molecular weight excluding hydrogens is 392 g/mol. The van der Waals surface area contributed by atoms with Crippen molar-refractivity contribution in [3.05, 3.63) is 74.4 Å². The number of nitrogens with one attached hydrogen (secondary N) is 1. The van der Waals surface area contributed by atoms with Crippen molar-refractivity contribution >= 4 is 21.4 Å². The number of aromatic nitrogens is 2. The molecular formula is C18H15ClN2O5S. The van der Waals surface area contributed by atoms with Gasteiger partial charge in [-0.05, 0) is 29.8 Å². The van der Waals surface area contributed by atoms with Gasteiger partial charge < -0.3 is 4.74 Å². The molecule has 0 radical (unpaired) electrons. The van der Waals surface area contributed by atoms with Gasteiger partial charge in [-0.15, -0.1) is 0 Å². The van der Waals surface area contributed by atoms with Gasteiger partial charge in [0.05, 0.1) is 18.5 Å². The normalized spacial score (nSPS) is 11.4. The summed E-state index contributed by atoms with van der Waals surface area (Å²) in [6.45, 7) is 0. The van der Waals surface area contributed by atoms with Crippen LogP contribution in [-0.2, 0) is 9.84 Å². The molecule has 0 saturated heterocycles. The highest BCUT2D eigenvalue weighted by Gasteiger charge is 2.17. The third-order valence-electron chi connectivity index (χ3n) is 3.89. The van der Waals surface area contributed by atoms with Crippen LogP contribution in [0.4, 0.5) is 0 Å². The van der Waals surface area contributed by atoms with Crippen molar-refractivity contribution < 1.29 is 13.2 Å². The van der Waals surface area contributed by atoms with Gasteiger partial charge in [0, 0.05) is 23.4 Å². The van der Waals surface area contributed by atoms with Crippen LogP contribution in [-0.4, -0.2) is 31.3 Å². The van der Waals surface area contributed by atoms with E-state index >= 15 is 0 Å². The maximum atomic E-state index is 12.5. The highest BCUT2D eigenvalue weighted by Crippen LogP contribution is 2.28. The van der Waals surface area contributed by atoms with Gasteiger partial charge in [0.2, 0.25) is 0 Å². The third kappa shape index (κ3) is 3.81. The van der Waals surface area contributed by atoms with Gasteiger partial charge >= 0.3 is 5.69 Å². The number of methoxy groups -OCH3 is 1. The summed E-state index contributed by atoms with van der Waals surface area (Å²) in [6.07, 6.45) is 1.07. The SMILES string of the molecule is COc1cc(-n2c(-c3ccc(Cl)cc3)cc(=O)[nH]c2=O)ccc1S(C)(=O)=O. The van der Waals surface area contributed by atoms with E-state index in [0.717, 1.165) is 6.26 Å². The second-order valence-corrected chi connectivity index (χ2v) is 8.19. The number of ether oxygens (including phenoxy) is 1. The van der Waals surface area contributed by atoms with Gasteiger partial charge in [-0.3, -0.25) is 14.3 Å². The van der Waals surface area contributed by atoms with E-state index in [1.165, 1.54) is 35.9 Å². The molecule has 0 bridgehead atoms. The van der Waals surface area contributed by atoms with Crippen LogP contribution in [0.5, 0.6) is 5.75 Å². The van der Waals surface area contributed by atoms with Crippen LogP contribution in [0, 0.1) is 0 Å². The minimum absolute atomic E-state index is 0.000679. The fraction of sp³-hybridized carbons (Fsp3) is 0.111. The molecule has 0 atom stereocenters. The molecule has 0 aliphatic rings. The number of H-pyrrole nitrogens is 1. The summed E-state index contributed by atoms with van der Waals surface area (Å²) in [7, 11) is -2.18. The molecule has 1 aromatic heterocycles. The van der Waals surface area contributed by atoms with Crippen molar-refractivity contribution in [3.63, 3.8) is 0 Å². The van der Waals surface area contributed by atoms with E-state index in [1.54, 1.807) is 24.3 Å². The molecule has 27 heavy (non-hydrogen) atoms. The first kappa shape index (κ1) is 18.9. The second kappa shape index (κ2) is 7.05. The molecule has 3 aromatic rings. The molecule has 9 heteroatoms. The molecule has 140 valence electrons. The summed E-state index contributed by atoms with van der Waals surface area (Å²) >= 11 is 5.91. The Kier molecular flexibility index (Phi) is 4.95. The lowest BCUT2D eigenvalue weighted by Gasteiger charge is -2.15. The molecule has 0 amide bonds.